The summed E-state index contributed by atoms with van der Waals surface area (Å²) in [5.41, 5.74) is 0. The molecule has 112 valence electrons. The van der Waals surface area contributed by atoms with E-state index in [2.05, 4.69) is 22.0 Å². The van der Waals surface area contributed by atoms with Crippen molar-refractivity contribution in [2.45, 2.75) is 57.2 Å². The molecule has 1 N–H and O–H groups in total. The van der Waals surface area contributed by atoms with Gasteiger partial charge in [-0.1, -0.05) is 6.42 Å². The molecule has 1 amide bonds. The summed E-state index contributed by atoms with van der Waals surface area (Å²) in [6, 6.07) is 1.15. The largest absolute Gasteiger partial charge is 0.336 e. The minimum atomic E-state index is 0.123. The molecule has 3 aliphatic heterocycles. The van der Waals surface area contributed by atoms with Crippen molar-refractivity contribution in [1.82, 2.24) is 15.1 Å². The monoisotopic (exact) mass is 277 g/mol. The van der Waals surface area contributed by atoms with Crippen molar-refractivity contribution < 1.29 is 4.79 Å². The van der Waals surface area contributed by atoms with Gasteiger partial charge in [0.25, 0.3) is 0 Å². The lowest BCUT2D eigenvalue weighted by atomic mass is 9.92. The third-order valence-electron chi connectivity index (χ3n) is 6.23. The van der Waals surface area contributed by atoms with Crippen LogP contribution in [0.2, 0.25) is 0 Å². The number of carbonyl (C=O) groups is 1. The highest BCUT2D eigenvalue weighted by Gasteiger charge is 2.46. The number of amides is 1. The molecule has 3 heterocycles. The van der Waals surface area contributed by atoms with Crippen LogP contribution in [-0.4, -0.2) is 60.0 Å². The number of nitrogens with zero attached hydrogens (tertiary/aromatic N) is 2. The first-order chi connectivity index (χ1) is 9.74. The number of nitrogens with one attached hydrogen (secondary N) is 1. The van der Waals surface area contributed by atoms with Crippen molar-refractivity contribution in [3.05, 3.63) is 0 Å². The first-order valence-electron chi connectivity index (χ1n) is 8.52. The molecule has 0 spiro atoms. The van der Waals surface area contributed by atoms with Crippen LogP contribution in [0.5, 0.6) is 0 Å². The van der Waals surface area contributed by atoms with Gasteiger partial charge < -0.3 is 10.2 Å². The Balaban J connectivity index is 1.47. The van der Waals surface area contributed by atoms with Crippen molar-refractivity contribution in [2.24, 2.45) is 11.8 Å². The van der Waals surface area contributed by atoms with Crippen LogP contribution < -0.4 is 5.32 Å². The number of hydrogen-bond acceptors (Lipinski definition) is 3. The molecule has 4 nitrogen and oxygen atoms in total. The highest BCUT2D eigenvalue weighted by atomic mass is 16.2. The molecule has 3 saturated heterocycles. The number of fused-ring (bicyclic) bond motifs is 2. The molecule has 0 aromatic rings. The Morgan fingerprint density at radius 3 is 2.95 bits per heavy atom. The van der Waals surface area contributed by atoms with E-state index in [1.54, 1.807) is 0 Å². The molecule has 4 heteroatoms. The Morgan fingerprint density at radius 1 is 1.15 bits per heavy atom. The fraction of sp³-hybridized carbons (Fsp3) is 0.938. The van der Waals surface area contributed by atoms with Gasteiger partial charge in [0.1, 0.15) is 0 Å². The second kappa shape index (κ2) is 4.99. The van der Waals surface area contributed by atoms with Crippen molar-refractivity contribution in [1.29, 1.82) is 0 Å². The van der Waals surface area contributed by atoms with Crippen molar-refractivity contribution in [3.8, 4) is 0 Å². The molecule has 4 rings (SSSR count). The van der Waals surface area contributed by atoms with E-state index in [1.165, 1.54) is 38.6 Å². The lowest BCUT2D eigenvalue weighted by Crippen LogP contribution is -2.60. The van der Waals surface area contributed by atoms with Gasteiger partial charge in [-0.3, -0.25) is 9.69 Å². The van der Waals surface area contributed by atoms with Crippen LogP contribution in [0.4, 0.5) is 0 Å². The predicted molar refractivity (Wildman–Crippen MR) is 78.4 cm³/mol. The van der Waals surface area contributed by atoms with Crippen LogP contribution in [0, 0.1) is 11.8 Å². The molecule has 0 bridgehead atoms. The summed E-state index contributed by atoms with van der Waals surface area (Å²) in [5.74, 6) is 1.79. The van der Waals surface area contributed by atoms with Gasteiger partial charge in [-0.05, 0) is 57.5 Å². The van der Waals surface area contributed by atoms with E-state index in [0.29, 0.717) is 23.9 Å². The maximum absolute atomic E-state index is 13.0. The van der Waals surface area contributed by atoms with Gasteiger partial charge in [0.2, 0.25) is 5.91 Å². The van der Waals surface area contributed by atoms with E-state index in [9.17, 15) is 4.79 Å². The Kier molecular flexibility index (Phi) is 3.26. The van der Waals surface area contributed by atoms with E-state index >= 15 is 0 Å². The summed E-state index contributed by atoms with van der Waals surface area (Å²) in [6.45, 7) is 6.59. The van der Waals surface area contributed by atoms with E-state index in [1.807, 2.05) is 0 Å². The molecule has 20 heavy (non-hydrogen) atoms. The third-order valence-corrected chi connectivity index (χ3v) is 6.23. The number of carbonyl (C=O) groups excluding carboxylic acids is 1. The average Bonchev–Trinajstić information content (AvgIpc) is 3.12. The zero-order valence-corrected chi connectivity index (χ0v) is 12.6. The van der Waals surface area contributed by atoms with Crippen LogP contribution in [-0.2, 0) is 4.79 Å². The van der Waals surface area contributed by atoms with Gasteiger partial charge in [-0.2, -0.15) is 0 Å². The first kappa shape index (κ1) is 13.1. The van der Waals surface area contributed by atoms with Gasteiger partial charge in [-0.25, -0.2) is 0 Å². The standard InChI is InChI=1S/C16H27N3O/c1-11-9-18-7-3-5-13(18)10-19(11)16(20)15-14-6-2-4-12(14)8-17-15/h11-15,17H,2-10H2,1H3. The molecule has 5 unspecified atom stereocenters. The second-order valence-electron chi connectivity index (χ2n) is 7.37. The van der Waals surface area contributed by atoms with Gasteiger partial charge in [0.05, 0.1) is 6.04 Å². The zero-order chi connectivity index (χ0) is 13.7. The molecule has 0 aromatic carbocycles. The van der Waals surface area contributed by atoms with E-state index < -0.39 is 0 Å². The van der Waals surface area contributed by atoms with Crippen LogP contribution in [0.15, 0.2) is 0 Å². The van der Waals surface area contributed by atoms with Crippen molar-refractivity contribution in [3.63, 3.8) is 0 Å². The Morgan fingerprint density at radius 2 is 2.05 bits per heavy atom. The lowest BCUT2D eigenvalue weighted by molar-refractivity contribution is -0.139. The smallest absolute Gasteiger partial charge is 0.240 e. The highest BCUT2D eigenvalue weighted by molar-refractivity contribution is 5.83. The summed E-state index contributed by atoms with van der Waals surface area (Å²) in [6.07, 6.45) is 6.50. The molecule has 4 aliphatic rings. The quantitative estimate of drug-likeness (QED) is 0.779. The van der Waals surface area contributed by atoms with Crippen LogP contribution in [0.1, 0.15) is 39.0 Å². The molecular weight excluding hydrogens is 250 g/mol. The van der Waals surface area contributed by atoms with Gasteiger partial charge in [0.15, 0.2) is 0 Å². The predicted octanol–water partition coefficient (Wildman–Crippen LogP) is 1.07. The molecule has 0 aromatic heterocycles. The molecule has 1 aliphatic carbocycles. The SMILES string of the molecule is CC1CN2CCCC2CN1C(=O)C1NCC2CCCC21. The summed E-state index contributed by atoms with van der Waals surface area (Å²) < 4.78 is 0. The molecular formula is C16H27N3O. The molecule has 1 saturated carbocycles. The van der Waals surface area contributed by atoms with Crippen molar-refractivity contribution in [2.75, 3.05) is 26.2 Å². The lowest BCUT2D eigenvalue weighted by Gasteiger charge is -2.43. The highest BCUT2D eigenvalue weighted by Crippen LogP contribution is 2.38. The summed E-state index contributed by atoms with van der Waals surface area (Å²) in [5, 5.41) is 3.53. The Labute approximate surface area is 121 Å². The number of hydrogen-bond donors (Lipinski definition) is 1. The topological polar surface area (TPSA) is 35.6 Å². The minimum absolute atomic E-state index is 0.123. The fourth-order valence-corrected chi connectivity index (χ4v) is 5.13. The van der Waals surface area contributed by atoms with Crippen LogP contribution in [0.3, 0.4) is 0 Å². The molecule has 4 fully saturated rings. The van der Waals surface area contributed by atoms with E-state index in [0.717, 1.165) is 25.6 Å². The molecule has 0 radical (unpaired) electrons. The van der Waals surface area contributed by atoms with Gasteiger partial charge in [0, 0.05) is 25.2 Å². The third kappa shape index (κ3) is 2.00. The van der Waals surface area contributed by atoms with Crippen molar-refractivity contribution >= 4 is 5.91 Å². The van der Waals surface area contributed by atoms with Crippen LogP contribution >= 0.6 is 0 Å². The van der Waals surface area contributed by atoms with E-state index in [4.69, 9.17) is 0 Å². The maximum atomic E-state index is 13.0. The van der Waals surface area contributed by atoms with Gasteiger partial charge in [-0.15, -0.1) is 0 Å². The average molecular weight is 277 g/mol. The number of piperazine rings is 1. The fourth-order valence-electron chi connectivity index (χ4n) is 5.13. The summed E-state index contributed by atoms with van der Waals surface area (Å²) in [7, 11) is 0. The van der Waals surface area contributed by atoms with Crippen LogP contribution in [0.25, 0.3) is 0 Å². The second-order valence-corrected chi connectivity index (χ2v) is 7.37. The Hall–Kier alpha value is -0.610. The number of rotatable bonds is 1. The minimum Gasteiger partial charge on any atom is -0.336 e. The summed E-state index contributed by atoms with van der Waals surface area (Å²) >= 11 is 0. The summed E-state index contributed by atoms with van der Waals surface area (Å²) in [4.78, 5) is 17.8. The normalized spacial score (nSPS) is 44.6. The Bertz CT molecular complexity index is 399. The maximum Gasteiger partial charge on any atom is 0.240 e. The van der Waals surface area contributed by atoms with Gasteiger partial charge >= 0.3 is 0 Å². The molecule has 5 atom stereocenters. The zero-order valence-electron chi connectivity index (χ0n) is 12.6. The van der Waals surface area contributed by atoms with E-state index in [-0.39, 0.29) is 6.04 Å². The first-order valence-corrected chi connectivity index (χ1v) is 8.52.